The Morgan fingerprint density at radius 2 is 1.27 bits per heavy atom. The maximum atomic E-state index is 12.6. The maximum Gasteiger partial charge on any atom is 0.315 e. The molecule has 1 heterocycles. The molecule has 2 aliphatic carbocycles. The normalized spacial score (nSPS) is 15.9. The zero-order chi connectivity index (χ0) is 44.9. The summed E-state index contributed by atoms with van der Waals surface area (Å²) in [5.41, 5.74) is 0.284. The Bertz CT molecular complexity index is 1020. The van der Waals surface area contributed by atoms with Crippen molar-refractivity contribution in [3.8, 4) is 0 Å². The van der Waals surface area contributed by atoms with Gasteiger partial charge in [0.15, 0.2) is 0 Å². The van der Waals surface area contributed by atoms with Crippen LogP contribution in [0.25, 0.3) is 0 Å². The lowest BCUT2D eigenvalue weighted by molar-refractivity contribution is -0.140. The molecule has 3 aliphatic rings. The minimum Gasteiger partial charge on any atom is -0.400 e. The monoisotopic (exact) mass is 808 g/mol. The van der Waals surface area contributed by atoms with E-state index in [1.165, 1.54) is 36.7 Å². The van der Waals surface area contributed by atoms with Crippen LogP contribution in [0.5, 0.6) is 0 Å². The number of carbonyl (C=O) groups excluding carboxylic acids is 6. The van der Waals surface area contributed by atoms with Gasteiger partial charge >= 0.3 is 6.03 Å². The van der Waals surface area contributed by atoms with Gasteiger partial charge in [-0.05, 0) is 55.3 Å². The van der Waals surface area contributed by atoms with Gasteiger partial charge in [-0.25, -0.2) is 4.79 Å². The summed E-state index contributed by atoms with van der Waals surface area (Å²) in [4.78, 5) is 70.2. The van der Waals surface area contributed by atoms with E-state index in [1.807, 2.05) is 20.6 Å². The number of urea groups is 1. The largest absolute Gasteiger partial charge is 0.400 e. The second-order valence-electron chi connectivity index (χ2n) is 16.7. The number of likely N-dealkylation sites (tertiary alicyclic amines) is 1. The molecule has 1 aliphatic heterocycles. The SMILES string of the molecule is C=CCNC(=O)C(=O)CNC(=O)[C@@H]1CCCN1C(=O)CNC(=O)NC1(CC)CCCCC1.C=O.CC.CC(C)(C)C.CC(C)C.CC(C)C.CCC1CC1.CO.[HH].[HH].[HH].[HH]. The fraction of sp³-hybridized carbons (Fsp3) is 0.818. The van der Waals surface area contributed by atoms with Crippen molar-refractivity contribution in [2.75, 3.05) is 33.3 Å². The van der Waals surface area contributed by atoms with Gasteiger partial charge in [-0.2, -0.15) is 0 Å². The molecule has 0 spiro atoms. The summed E-state index contributed by atoms with van der Waals surface area (Å²) in [7, 11) is 1.00. The predicted octanol–water partition coefficient (Wildman–Crippen LogP) is 8.99. The van der Waals surface area contributed by atoms with Crippen molar-refractivity contribution >= 4 is 36.3 Å². The third-order valence-corrected chi connectivity index (χ3v) is 7.50. The molecule has 5 N–H and O–H groups in total. The summed E-state index contributed by atoms with van der Waals surface area (Å²) in [5, 5.41) is 17.4. The van der Waals surface area contributed by atoms with Gasteiger partial charge in [0.25, 0.3) is 5.91 Å². The molecular weight excluding hydrogens is 711 g/mol. The summed E-state index contributed by atoms with van der Waals surface area (Å²) in [6.07, 6.45) is 13.0. The molecule has 0 aromatic rings. The van der Waals surface area contributed by atoms with E-state index in [9.17, 15) is 24.0 Å². The number of nitrogens with zero attached hydrogens (tertiary/aromatic N) is 1. The summed E-state index contributed by atoms with van der Waals surface area (Å²) in [6, 6.07) is -1.10. The van der Waals surface area contributed by atoms with Gasteiger partial charge in [-0.3, -0.25) is 19.2 Å². The Morgan fingerprint density at radius 3 is 1.64 bits per heavy atom. The molecule has 0 aromatic carbocycles. The lowest BCUT2D eigenvalue weighted by atomic mass is 9.80. The molecule has 340 valence electrons. The molecule has 1 saturated heterocycles. The van der Waals surface area contributed by atoms with Gasteiger partial charge in [-0.15, -0.1) is 6.58 Å². The van der Waals surface area contributed by atoms with Gasteiger partial charge in [0.05, 0.1) is 13.1 Å². The first-order valence-electron chi connectivity index (χ1n) is 21.0. The van der Waals surface area contributed by atoms with Crippen LogP contribution in [0.15, 0.2) is 12.7 Å². The third kappa shape index (κ3) is 40.4. The first-order chi connectivity index (χ1) is 26.2. The number of nitrogens with one attached hydrogen (secondary N) is 4. The molecule has 0 aromatic heterocycles. The first-order valence-corrected chi connectivity index (χ1v) is 21.0. The molecule has 3 fully saturated rings. The number of carbonyl (C=O) groups is 6. The smallest absolute Gasteiger partial charge is 0.315 e. The van der Waals surface area contributed by atoms with Crippen molar-refractivity contribution in [1.29, 1.82) is 0 Å². The van der Waals surface area contributed by atoms with Gasteiger partial charge in [0.1, 0.15) is 12.8 Å². The van der Waals surface area contributed by atoms with E-state index >= 15 is 0 Å². The average Bonchev–Trinajstić information content (AvgIpc) is 3.87. The topological polar surface area (TPSA) is 174 Å². The van der Waals surface area contributed by atoms with Crippen molar-refractivity contribution in [3.05, 3.63) is 12.7 Å². The van der Waals surface area contributed by atoms with Crippen LogP contribution in [0, 0.1) is 23.2 Å². The minimum absolute atomic E-state index is 0. The highest BCUT2D eigenvalue weighted by atomic mass is 16.2. The third-order valence-electron chi connectivity index (χ3n) is 7.50. The standard InChI is InChI=1S/C22H35N5O5.C5H10.C5H12.2C4H10.C2H6.CH4O.CH2O.4H2/c1-3-12-23-20(31)17(28)14-24-19(30)16-9-8-13-27(16)18(29)15-25-21(32)26-22(4-2)10-6-5-7-11-22;1-2-5-3-4-5;1-5(2,3)4;2*1-4(2)3;3*1-2;;;;/h3,16H,1,4-15H2,2H3,(H,23,31)(H,24,30)(H2,25,26,32);5H,2-4H2,1H3;1-4H3;2*4H,1-3H3;1-2H3;2H,1H3;1H2;4*1H/t16-;;;;;;;;;;;/m0.........../s1. The number of Topliss-reactive ketones (excluding diaryl/α,β-unsaturated/α-hetero) is 1. The molecule has 3 rings (SSSR count). The van der Waals surface area contributed by atoms with E-state index in [0.717, 1.165) is 57.0 Å². The van der Waals surface area contributed by atoms with Crippen molar-refractivity contribution in [3.63, 3.8) is 0 Å². The molecule has 12 heteroatoms. The zero-order valence-electron chi connectivity index (χ0n) is 38.8. The number of amides is 5. The van der Waals surface area contributed by atoms with Gasteiger partial charge in [0.2, 0.25) is 17.6 Å². The van der Waals surface area contributed by atoms with E-state index < -0.39 is 30.2 Å². The Balaban J connectivity index is -0.000000109. The summed E-state index contributed by atoms with van der Waals surface area (Å²) >= 11 is 0. The lowest BCUT2D eigenvalue weighted by Crippen LogP contribution is -2.55. The number of aliphatic hydroxyl groups excluding tert-OH is 1. The summed E-state index contributed by atoms with van der Waals surface area (Å²) in [6.45, 7) is 35.4. The molecule has 5 amide bonds. The van der Waals surface area contributed by atoms with Gasteiger partial charge < -0.3 is 36.1 Å². The average molecular weight is 808 g/mol. The van der Waals surface area contributed by atoms with Crippen LogP contribution in [-0.2, 0) is 24.0 Å². The van der Waals surface area contributed by atoms with Crippen LogP contribution in [0.2, 0.25) is 0 Å². The fourth-order valence-corrected chi connectivity index (χ4v) is 4.83. The Morgan fingerprint density at radius 1 is 0.804 bits per heavy atom. The lowest BCUT2D eigenvalue weighted by Gasteiger charge is -2.37. The molecule has 0 unspecified atom stereocenters. The van der Waals surface area contributed by atoms with Crippen LogP contribution in [0.1, 0.15) is 173 Å². The predicted molar refractivity (Wildman–Crippen MR) is 243 cm³/mol. The van der Waals surface area contributed by atoms with E-state index in [0.29, 0.717) is 24.8 Å². The number of rotatable bonds is 11. The van der Waals surface area contributed by atoms with Crippen LogP contribution >= 0.6 is 0 Å². The number of ketones is 1. The van der Waals surface area contributed by atoms with Crippen LogP contribution in [0.3, 0.4) is 0 Å². The second kappa shape index (κ2) is 38.6. The summed E-state index contributed by atoms with van der Waals surface area (Å²) in [5.74, 6) is 0.374. The molecule has 0 bridgehead atoms. The van der Waals surface area contributed by atoms with Crippen molar-refractivity contribution < 1.29 is 39.6 Å². The Kier molecular flexibility index (Phi) is 42.7. The highest BCUT2D eigenvalue weighted by molar-refractivity contribution is 6.37. The van der Waals surface area contributed by atoms with E-state index in [-0.39, 0.29) is 36.3 Å². The van der Waals surface area contributed by atoms with Crippen LogP contribution < -0.4 is 21.3 Å². The van der Waals surface area contributed by atoms with E-state index in [1.54, 1.807) is 0 Å². The Labute approximate surface area is 349 Å². The quantitative estimate of drug-likeness (QED) is 0.102. The molecule has 1 atom stereocenters. The van der Waals surface area contributed by atoms with E-state index in [2.05, 4.69) is 111 Å². The zero-order valence-corrected chi connectivity index (χ0v) is 38.8. The molecule has 2 saturated carbocycles. The van der Waals surface area contributed by atoms with Crippen LogP contribution in [-0.4, -0.2) is 91.2 Å². The van der Waals surface area contributed by atoms with Gasteiger partial charge in [-0.1, -0.05) is 142 Å². The Hall–Kier alpha value is -3.28. The van der Waals surface area contributed by atoms with Crippen LogP contribution in [0.4, 0.5) is 4.79 Å². The summed E-state index contributed by atoms with van der Waals surface area (Å²) < 4.78 is 0. The van der Waals surface area contributed by atoms with E-state index in [4.69, 9.17) is 9.90 Å². The fourth-order valence-electron chi connectivity index (χ4n) is 4.83. The highest BCUT2D eigenvalue weighted by Gasteiger charge is 2.35. The van der Waals surface area contributed by atoms with Crippen molar-refractivity contribution in [2.24, 2.45) is 23.2 Å². The number of hydrogen-bond acceptors (Lipinski definition) is 7. The van der Waals surface area contributed by atoms with Crippen molar-refractivity contribution in [1.82, 2.24) is 26.2 Å². The van der Waals surface area contributed by atoms with Gasteiger partial charge in [0, 0.05) is 31.4 Å². The highest BCUT2D eigenvalue weighted by Crippen LogP contribution is 2.31. The second-order valence-corrected chi connectivity index (χ2v) is 16.7. The molecule has 56 heavy (non-hydrogen) atoms. The number of aliphatic hydroxyl groups is 1. The molecule has 12 nitrogen and oxygen atoms in total. The number of hydrogen-bond donors (Lipinski definition) is 5. The first kappa shape index (κ1) is 61.9. The minimum atomic E-state index is -0.803. The molecule has 0 radical (unpaired) electrons. The van der Waals surface area contributed by atoms with Crippen molar-refractivity contribution in [2.45, 2.75) is 179 Å². The maximum absolute atomic E-state index is 12.6. The molecular formula is C44H97N5O7.